The lowest BCUT2D eigenvalue weighted by Gasteiger charge is -1.90. The predicted molar refractivity (Wildman–Crippen MR) is 69.5 cm³/mol. The van der Waals surface area contributed by atoms with Crippen molar-refractivity contribution in [3.05, 3.63) is 36.2 Å². The first-order chi connectivity index (χ1) is 9.81. The molecule has 20 heavy (non-hydrogen) atoms. The molecule has 3 aromatic rings. The quantitative estimate of drug-likeness (QED) is 0.726. The van der Waals surface area contributed by atoms with Gasteiger partial charge in [0.25, 0.3) is 11.7 Å². The number of benzene rings is 1. The van der Waals surface area contributed by atoms with Gasteiger partial charge in [-0.1, -0.05) is 30.3 Å². The van der Waals surface area contributed by atoms with E-state index in [4.69, 9.17) is 8.94 Å². The fourth-order valence-corrected chi connectivity index (χ4v) is 2.15. The molecule has 1 aliphatic carbocycles. The minimum Gasteiger partial charge on any atom is -0.413 e. The number of nitrogens with zero attached hydrogens (tertiary/aromatic N) is 4. The molecule has 100 valence electrons. The van der Waals surface area contributed by atoms with Gasteiger partial charge in [-0.2, -0.15) is 4.98 Å². The largest absolute Gasteiger partial charge is 0.413 e. The Kier molecular flexibility index (Phi) is 2.42. The van der Waals surface area contributed by atoms with Gasteiger partial charge in [0, 0.05) is 11.5 Å². The van der Waals surface area contributed by atoms with Crippen molar-refractivity contribution in [1.29, 1.82) is 0 Å². The second-order valence-corrected chi connectivity index (χ2v) is 5.05. The fraction of sp³-hybridized carbons (Fsp3) is 0.286. The van der Waals surface area contributed by atoms with Gasteiger partial charge >= 0.3 is 0 Å². The van der Waals surface area contributed by atoms with Crippen molar-refractivity contribution in [3.8, 4) is 23.2 Å². The molecular formula is C14H12N4O2. The highest BCUT2D eigenvalue weighted by Crippen LogP contribution is 2.46. The van der Waals surface area contributed by atoms with Gasteiger partial charge in [0.2, 0.25) is 11.8 Å². The molecule has 4 rings (SSSR count). The van der Waals surface area contributed by atoms with Crippen LogP contribution in [-0.2, 0) is 0 Å². The zero-order chi connectivity index (χ0) is 13.5. The van der Waals surface area contributed by atoms with E-state index >= 15 is 0 Å². The smallest absolute Gasteiger partial charge is 0.289 e. The minimum absolute atomic E-state index is 0.284. The van der Waals surface area contributed by atoms with Crippen LogP contribution >= 0.6 is 0 Å². The van der Waals surface area contributed by atoms with Crippen molar-refractivity contribution in [1.82, 2.24) is 20.3 Å². The zero-order valence-corrected chi connectivity index (χ0v) is 10.9. The molecule has 0 amide bonds. The molecule has 1 saturated carbocycles. The van der Waals surface area contributed by atoms with Crippen LogP contribution < -0.4 is 0 Å². The van der Waals surface area contributed by atoms with Gasteiger partial charge < -0.3 is 8.94 Å². The van der Waals surface area contributed by atoms with Crippen LogP contribution in [0.15, 0.2) is 39.3 Å². The molecule has 0 saturated heterocycles. The molecule has 0 unspecified atom stereocenters. The molecule has 2 heterocycles. The highest BCUT2D eigenvalue weighted by atomic mass is 16.5. The second kappa shape index (κ2) is 4.26. The third kappa shape index (κ3) is 1.89. The average Bonchev–Trinajstić information content (AvgIpc) is 2.94. The molecule has 0 bridgehead atoms. The first kappa shape index (κ1) is 11.3. The maximum Gasteiger partial charge on any atom is 0.289 e. The Hall–Kier alpha value is -2.50. The summed E-state index contributed by atoms with van der Waals surface area (Å²) >= 11 is 0. The van der Waals surface area contributed by atoms with Crippen LogP contribution in [0.2, 0.25) is 0 Å². The molecule has 0 aliphatic heterocycles. The van der Waals surface area contributed by atoms with Crippen molar-refractivity contribution < 1.29 is 8.94 Å². The summed E-state index contributed by atoms with van der Waals surface area (Å²) in [5.41, 5.74) is 0.866. The summed E-state index contributed by atoms with van der Waals surface area (Å²) in [6, 6.07) is 9.58. The molecule has 1 aliphatic rings. The molecule has 1 aromatic carbocycles. The standard InChI is InChI=1S/C14H12N4O2/c1-8-7-10(8)13-15-11(18-20-13)14-17-16-12(19-14)9-5-3-2-4-6-9/h2-6,8,10H,7H2,1H3/t8-,10-/m0/s1. The lowest BCUT2D eigenvalue weighted by atomic mass is 10.2. The lowest BCUT2D eigenvalue weighted by Crippen LogP contribution is -1.83. The van der Waals surface area contributed by atoms with Crippen LogP contribution in [0.4, 0.5) is 0 Å². The lowest BCUT2D eigenvalue weighted by molar-refractivity contribution is 0.375. The first-order valence-corrected chi connectivity index (χ1v) is 6.54. The number of hydrogen-bond donors (Lipinski definition) is 0. The Balaban J connectivity index is 1.63. The Morgan fingerprint density at radius 1 is 1.10 bits per heavy atom. The Morgan fingerprint density at radius 2 is 1.85 bits per heavy atom. The predicted octanol–water partition coefficient (Wildman–Crippen LogP) is 2.91. The third-order valence-corrected chi connectivity index (χ3v) is 3.51. The van der Waals surface area contributed by atoms with Gasteiger partial charge in [-0.25, -0.2) is 0 Å². The molecule has 2 atom stereocenters. The molecule has 6 heteroatoms. The molecule has 0 spiro atoms. The molecule has 0 N–H and O–H groups in total. The van der Waals surface area contributed by atoms with E-state index in [1.165, 1.54) is 0 Å². The summed E-state index contributed by atoms with van der Waals surface area (Å²) in [5, 5.41) is 11.9. The van der Waals surface area contributed by atoms with Gasteiger partial charge in [0.1, 0.15) is 0 Å². The van der Waals surface area contributed by atoms with E-state index in [1.807, 2.05) is 30.3 Å². The van der Waals surface area contributed by atoms with Crippen LogP contribution in [0, 0.1) is 5.92 Å². The highest BCUT2D eigenvalue weighted by Gasteiger charge is 2.39. The summed E-state index contributed by atoms with van der Waals surface area (Å²) in [4.78, 5) is 4.33. The molecule has 1 fully saturated rings. The van der Waals surface area contributed by atoms with Crippen LogP contribution in [0.25, 0.3) is 23.2 Å². The Morgan fingerprint density at radius 3 is 2.60 bits per heavy atom. The SMILES string of the molecule is C[C@H]1C[C@@H]1c1nc(-c2nnc(-c3ccccc3)o2)no1. The van der Waals surface area contributed by atoms with Crippen LogP contribution in [0.3, 0.4) is 0 Å². The van der Waals surface area contributed by atoms with Gasteiger partial charge in [0.05, 0.1) is 0 Å². The summed E-state index contributed by atoms with van der Waals surface area (Å²) < 4.78 is 10.8. The number of rotatable bonds is 3. The second-order valence-electron chi connectivity index (χ2n) is 5.05. The maximum absolute atomic E-state index is 5.59. The van der Waals surface area contributed by atoms with Crippen molar-refractivity contribution in [3.63, 3.8) is 0 Å². The van der Waals surface area contributed by atoms with E-state index in [0.29, 0.717) is 29.4 Å². The van der Waals surface area contributed by atoms with E-state index in [0.717, 1.165) is 12.0 Å². The van der Waals surface area contributed by atoms with Crippen molar-refractivity contribution in [2.75, 3.05) is 0 Å². The van der Waals surface area contributed by atoms with Crippen LogP contribution in [0.1, 0.15) is 25.2 Å². The topological polar surface area (TPSA) is 77.8 Å². The molecular weight excluding hydrogens is 256 g/mol. The monoisotopic (exact) mass is 268 g/mol. The molecule has 6 nitrogen and oxygen atoms in total. The normalized spacial score (nSPS) is 21.1. The van der Waals surface area contributed by atoms with Gasteiger partial charge in [0.15, 0.2) is 0 Å². The van der Waals surface area contributed by atoms with Crippen LogP contribution in [-0.4, -0.2) is 20.3 Å². The van der Waals surface area contributed by atoms with Gasteiger partial charge in [-0.15, -0.1) is 10.2 Å². The third-order valence-electron chi connectivity index (χ3n) is 3.51. The summed E-state index contributed by atoms with van der Waals surface area (Å²) in [5.74, 6) is 2.75. The van der Waals surface area contributed by atoms with E-state index in [1.54, 1.807) is 0 Å². The fourth-order valence-electron chi connectivity index (χ4n) is 2.15. The van der Waals surface area contributed by atoms with E-state index in [-0.39, 0.29) is 5.89 Å². The van der Waals surface area contributed by atoms with E-state index < -0.39 is 0 Å². The van der Waals surface area contributed by atoms with E-state index in [9.17, 15) is 0 Å². The van der Waals surface area contributed by atoms with Gasteiger partial charge in [-0.05, 0) is 24.5 Å². The number of hydrogen-bond acceptors (Lipinski definition) is 6. The molecule has 2 aromatic heterocycles. The van der Waals surface area contributed by atoms with E-state index in [2.05, 4.69) is 27.3 Å². The summed E-state index contributed by atoms with van der Waals surface area (Å²) in [7, 11) is 0. The van der Waals surface area contributed by atoms with Crippen molar-refractivity contribution in [2.45, 2.75) is 19.3 Å². The average molecular weight is 268 g/mol. The Bertz CT molecular complexity index is 734. The van der Waals surface area contributed by atoms with Crippen molar-refractivity contribution in [2.24, 2.45) is 5.92 Å². The van der Waals surface area contributed by atoms with Gasteiger partial charge in [-0.3, -0.25) is 0 Å². The minimum atomic E-state index is 0.284. The maximum atomic E-state index is 5.59. The highest BCUT2D eigenvalue weighted by molar-refractivity contribution is 5.54. The number of aromatic nitrogens is 4. The zero-order valence-electron chi connectivity index (χ0n) is 10.9. The molecule has 0 radical (unpaired) electrons. The van der Waals surface area contributed by atoms with Crippen LogP contribution in [0.5, 0.6) is 0 Å². The van der Waals surface area contributed by atoms with Crippen molar-refractivity contribution >= 4 is 0 Å². The summed E-state index contributed by atoms with van der Waals surface area (Å²) in [6.45, 7) is 2.16. The first-order valence-electron chi connectivity index (χ1n) is 6.54. The summed E-state index contributed by atoms with van der Waals surface area (Å²) in [6.07, 6.45) is 1.10. The Labute approximate surface area is 114 Å².